The molecule has 1 aromatic heterocycles. The Labute approximate surface area is 119 Å². The summed E-state index contributed by atoms with van der Waals surface area (Å²) in [6.07, 6.45) is 4.31. The molecule has 2 rings (SSSR count). The molecule has 1 aliphatic heterocycles. The lowest BCUT2D eigenvalue weighted by Gasteiger charge is -2.25. The number of nitrogens with zero attached hydrogens (tertiary/aromatic N) is 1. The van der Waals surface area contributed by atoms with Crippen molar-refractivity contribution in [3.63, 3.8) is 0 Å². The van der Waals surface area contributed by atoms with E-state index < -0.39 is 0 Å². The molecular weight excluding hydrogens is 254 g/mol. The smallest absolute Gasteiger partial charge is 0.250 e. The highest BCUT2D eigenvalue weighted by molar-refractivity contribution is 5.95. The second-order valence-corrected chi connectivity index (χ2v) is 5.46. The SMILES string of the molecule is CCCn1cc(NC(=O)C2(CC)CCNC2)ccc1=O. The van der Waals surface area contributed by atoms with Crippen molar-refractivity contribution in [3.8, 4) is 0 Å². The van der Waals surface area contributed by atoms with E-state index in [9.17, 15) is 9.59 Å². The molecular formula is C15H23N3O2. The largest absolute Gasteiger partial charge is 0.324 e. The Morgan fingerprint density at radius 2 is 2.25 bits per heavy atom. The summed E-state index contributed by atoms with van der Waals surface area (Å²) in [5, 5.41) is 6.22. The van der Waals surface area contributed by atoms with Crippen molar-refractivity contribution in [1.82, 2.24) is 9.88 Å². The minimum atomic E-state index is -0.314. The predicted molar refractivity (Wildman–Crippen MR) is 79.8 cm³/mol. The van der Waals surface area contributed by atoms with Crippen LogP contribution in [0.4, 0.5) is 5.69 Å². The van der Waals surface area contributed by atoms with Crippen molar-refractivity contribution in [3.05, 3.63) is 28.7 Å². The lowest BCUT2D eigenvalue weighted by molar-refractivity contribution is -0.124. The number of carbonyl (C=O) groups excluding carboxylic acids is 1. The van der Waals surface area contributed by atoms with Crippen LogP contribution in [0, 0.1) is 5.41 Å². The highest BCUT2D eigenvalue weighted by Crippen LogP contribution is 2.30. The first-order valence-corrected chi connectivity index (χ1v) is 7.34. The maximum atomic E-state index is 12.5. The molecule has 2 N–H and O–H groups in total. The van der Waals surface area contributed by atoms with Crippen LogP contribution in [0.3, 0.4) is 0 Å². The number of hydrogen-bond acceptors (Lipinski definition) is 3. The van der Waals surface area contributed by atoms with E-state index in [1.165, 1.54) is 6.07 Å². The second-order valence-electron chi connectivity index (χ2n) is 5.46. The standard InChI is InChI=1S/C15H23N3O2/c1-3-9-18-10-12(5-6-13(18)19)17-14(20)15(4-2)7-8-16-11-15/h5-6,10,16H,3-4,7-9,11H2,1-2H3,(H,17,20). The average Bonchev–Trinajstić information content (AvgIpc) is 2.93. The van der Waals surface area contributed by atoms with E-state index in [0.29, 0.717) is 12.2 Å². The third-order valence-electron chi connectivity index (χ3n) is 4.11. The van der Waals surface area contributed by atoms with Crippen LogP contribution in [-0.4, -0.2) is 23.6 Å². The first-order chi connectivity index (χ1) is 9.61. The van der Waals surface area contributed by atoms with Crippen LogP contribution in [-0.2, 0) is 11.3 Å². The molecule has 2 heterocycles. The Morgan fingerprint density at radius 3 is 2.85 bits per heavy atom. The molecule has 0 radical (unpaired) electrons. The van der Waals surface area contributed by atoms with Gasteiger partial charge in [-0.15, -0.1) is 0 Å². The van der Waals surface area contributed by atoms with Crippen LogP contribution < -0.4 is 16.2 Å². The van der Waals surface area contributed by atoms with Gasteiger partial charge in [0.05, 0.1) is 11.1 Å². The zero-order chi connectivity index (χ0) is 14.6. The van der Waals surface area contributed by atoms with Crippen LogP contribution in [0.25, 0.3) is 0 Å². The van der Waals surface area contributed by atoms with Crippen LogP contribution >= 0.6 is 0 Å². The van der Waals surface area contributed by atoms with E-state index in [0.717, 1.165) is 32.4 Å². The fourth-order valence-electron chi connectivity index (χ4n) is 2.68. The third kappa shape index (κ3) is 2.93. The summed E-state index contributed by atoms with van der Waals surface area (Å²) < 4.78 is 1.64. The predicted octanol–water partition coefficient (Wildman–Crippen LogP) is 1.59. The Kier molecular flexibility index (Phi) is 4.60. The average molecular weight is 277 g/mol. The number of hydrogen-bond donors (Lipinski definition) is 2. The maximum absolute atomic E-state index is 12.5. The van der Waals surface area contributed by atoms with Crippen molar-refractivity contribution in [2.45, 2.75) is 39.7 Å². The molecule has 1 saturated heterocycles. The van der Waals surface area contributed by atoms with E-state index in [4.69, 9.17) is 0 Å². The van der Waals surface area contributed by atoms with Crippen molar-refractivity contribution < 1.29 is 4.79 Å². The normalized spacial score (nSPS) is 21.9. The first kappa shape index (κ1) is 14.8. The number of pyridine rings is 1. The van der Waals surface area contributed by atoms with Gasteiger partial charge in [-0.1, -0.05) is 13.8 Å². The Morgan fingerprint density at radius 1 is 1.45 bits per heavy atom. The van der Waals surface area contributed by atoms with Crippen molar-refractivity contribution in [2.75, 3.05) is 18.4 Å². The number of nitrogens with one attached hydrogen (secondary N) is 2. The van der Waals surface area contributed by atoms with Crippen molar-refractivity contribution in [1.29, 1.82) is 0 Å². The van der Waals surface area contributed by atoms with Crippen molar-refractivity contribution in [2.24, 2.45) is 5.41 Å². The van der Waals surface area contributed by atoms with Gasteiger partial charge in [0.2, 0.25) is 5.91 Å². The number of aryl methyl sites for hydroxylation is 1. The van der Waals surface area contributed by atoms with Gasteiger partial charge in [-0.3, -0.25) is 9.59 Å². The number of carbonyl (C=O) groups is 1. The van der Waals surface area contributed by atoms with Gasteiger partial charge in [0.25, 0.3) is 5.56 Å². The second kappa shape index (κ2) is 6.22. The molecule has 5 heteroatoms. The fraction of sp³-hybridized carbons (Fsp3) is 0.600. The van der Waals surface area contributed by atoms with Gasteiger partial charge in [0.1, 0.15) is 0 Å². The van der Waals surface area contributed by atoms with Crippen LogP contribution in [0.2, 0.25) is 0 Å². The molecule has 1 unspecified atom stereocenters. The first-order valence-electron chi connectivity index (χ1n) is 7.34. The summed E-state index contributed by atoms with van der Waals surface area (Å²) in [5.74, 6) is 0.0479. The van der Waals surface area contributed by atoms with E-state index in [1.54, 1.807) is 16.8 Å². The van der Waals surface area contributed by atoms with Gasteiger partial charge >= 0.3 is 0 Å². The van der Waals surface area contributed by atoms with E-state index in [1.807, 2.05) is 13.8 Å². The number of anilines is 1. The quantitative estimate of drug-likeness (QED) is 0.859. The van der Waals surface area contributed by atoms with Crippen LogP contribution in [0.5, 0.6) is 0 Å². The zero-order valence-corrected chi connectivity index (χ0v) is 12.2. The molecule has 0 aromatic carbocycles. The molecule has 1 aliphatic rings. The van der Waals surface area contributed by atoms with Crippen LogP contribution in [0.15, 0.2) is 23.1 Å². The molecule has 1 aromatic rings. The molecule has 5 nitrogen and oxygen atoms in total. The molecule has 20 heavy (non-hydrogen) atoms. The van der Waals surface area contributed by atoms with Gasteiger partial charge in [-0.25, -0.2) is 0 Å². The summed E-state index contributed by atoms with van der Waals surface area (Å²) in [6.45, 7) is 6.35. The lowest BCUT2D eigenvalue weighted by Crippen LogP contribution is -2.37. The summed E-state index contributed by atoms with van der Waals surface area (Å²) >= 11 is 0. The van der Waals surface area contributed by atoms with E-state index in [2.05, 4.69) is 10.6 Å². The minimum absolute atomic E-state index is 0.0300. The number of aromatic nitrogens is 1. The Balaban J connectivity index is 2.15. The van der Waals surface area contributed by atoms with Gasteiger partial charge in [0, 0.05) is 25.4 Å². The highest BCUT2D eigenvalue weighted by atomic mass is 16.2. The maximum Gasteiger partial charge on any atom is 0.250 e. The molecule has 1 fully saturated rings. The molecule has 0 saturated carbocycles. The Bertz CT molecular complexity index is 530. The van der Waals surface area contributed by atoms with Crippen molar-refractivity contribution >= 4 is 11.6 Å². The van der Waals surface area contributed by atoms with Gasteiger partial charge < -0.3 is 15.2 Å². The monoisotopic (exact) mass is 277 g/mol. The molecule has 110 valence electrons. The fourth-order valence-corrected chi connectivity index (χ4v) is 2.68. The van der Waals surface area contributed by atoms with Crippen LogP contribution in [0.1, 0.15) is 33.1 Å². The topological polar surface area (TPSA) is 63.1 Å². The summed E-state index contributed by atoms with van der Waals surface area (Å²) in [7, 11) is 0. The molecule has 0 bridgehead atoms. The highest BCUT2D eigenvalue weighted by Gasteiger charge is 2.39. The molecule has 1 amide bonds. The minimum Gasteiger partial charge on any atom is -0.324 e. The van der Waals surface area contributed by atoms with Gasteiger partial charge in [-0.2, -0.15) is 0 Å². The number of rotatable bonds is 5. The van der Waals surface area contributed by atoms with Gasteiger partial charge in [0.15, 0.2) is 0 Å². The molecule has 0 aliphatic carbocycles. The zero-order valence-electron chi connectivity index (χ0n) is 12.2. The third-order valence-corrected chi connectivity index (χ3v) is 4.11. The molecule has 0 spiro atoms. The van der Waals surface area contributed by atoms with E-state index in [-0.39, 0.29) is 16.9 Å². The summed E-state index contributed by atoms with van der Waals surface area (Å²) in [5.41, 5.74) is 0.353. The Hall–Kier alpha value is -1.62. The summed E-state index contributed by atoms with van der Waals surface area (Å²) in [4.78, 5) is 24.1. The molecule has 1 atom stereocenters. The van der Waals surface area contributed by atoms with Gasteiger partial charge in [-0.05, 0) is 31.9 Å². The van der Waals surface area contributed by atoms with E-state index >= 15 is 0 Å². The summed E-state index contributed by atoms with van der Waals surface area (Å²) in [6, 6.07) is 3.19. The number of amides is 1. The lowest BCUT2D eigenvalue weighted by atomic mass is 9.83.